The summed E-state index contributed by atoms with van der Waals surface area (Å²) in [6, 6.07) is 11.4. The van der Waals surface area contributed by atoms with Gasteiger partial charge in [-0.25, -0.2) is 13.2 Å². The van der Waals surface area contributed by atoms with Gasteiger partial charge in [0.2, 0.25) is 0 Å². The molecule has 1 heterocycles. The van der Waals surface area contributed by atoms with E-state index in [1.807, 2.05) is 6.92 Å². The molecule has 3 N–H and O–H groups in total. The van der Waals surface area contributed by atoms with Crippen LogP contribution in [0.5, 0.6) is 0 Å². The third kappa shape index (κ3) is 3.23. The summed E-state index contributed by atoms with van der Waals surface area (Å²) in [7, 11) is -3.73. The molecule has 0 radical (unpaired) electrons. The van der Waals surface area contributed by atoms with Crippen LogP contribution in [-0.4, -0.2) is 20.4 Å². The van der Waals surface area contributed by atoms with Crippen LogP contribution >= 0.6 is 0 Å². The lowest BCUT2D eigenvalue weighted by atomic mass is 10.1. The molecular weight excluding hydrogens is 330 g/mol. The first-order valence-electron chi connectivity index (χ1n) is 7.16. The molecular formula is C16H15N3O4S. The average molecular weight is 345 g/mol. The second-order valence-corrected chi connectivity index (χ2v) is 7.12. The molecule has 1 aliphatic heterocycles. The average Bonchev–Trinajstić information content (AvgIpc) is 2.86. The summed E-state index contributed by atoms with van der Waals surface area (Å²) in [5, 5.41) is 4.61. The van der Waals surface area contributed by atoms with Crippen molar-refractivity contribution in [2.45, 2.75) is 17.9 Å². The molecule has 3 rings (SSSR count). The van der Waals surface area contributed by atoms with Gasteiger partial charge in [-0.05, 0) is 36.8 Å². The van der Waals surface area contributed by atoms with Crippen molar-refractivity contribution in [1.29, 1.82) is 0 Å². The Balaban J connectivity index is 1.85. The van der Waals surface area contributed by atoms with Crippen molar-refractivity contribution in [3.05, 3.63) is 59.7 Å². The van der Waals surface area contributed by atoms with E-state index in [1.54, 1.807) is 30.3 Å². The largest absolute Gasteiger partial charge is 0.322 e. The van der Waals surface area contributed by atoms with Crippen LogP contribution in [0.2, 0.25) is 0 Å². The summed E-state index contributed by atoms with van der Waals surface area (Å²) in [6.07, 6.45) is 0. The van der Waals surface area contributed by atoms with Gasteiger partial charge in [-0.3, -0.25) is 14.8 Å². The van der Waals surface area contributed by atoms with E-state index >= 15 is 0 Å². The Kier molecular flexibility index (Phi) is 3.98. The Bertz CT molecular complexity index is 907. The first kappa shape index (κ1) is 16.0. The van der Waals surface area contributed by atoms with Gasteiger partial charge in [0.25, 0.3) is 15.9 Å². The molecule has 1 atom stereocenters. The lowest BCUT2D eigenvalue weighted by Crippen LogP contribution is -2.22. The smallest absolute Gasteiger partial charge is 0.322 e. The lowest BCUT2D eigenvalue weighted by Gasteiger charge is -2.12. The van der Waals surface area contributed by atoms with E-state index in [0.29, 0.717) is 11.3 Å². The molecule has 0 spiro atoms. The summed E-state index contributed by atoms with van der Waals surface area (Å²) in [5.41, 5.74) is 1.75. The number of carbonyl (C=O) groups is 2. The van der Waals surface area contributed by atoms with Crippen molar-refractivity contribution >= 4 is 27.6 Å². The van der Waals surface area contributed by atoms with Crippen molar-refractivity contribution in [2.75, 3.05) is 4.72 Å². The molecule has 0 aliphatic carbocycles. The number of amides is 3. The van der Waals surface area contributed by atoms with Crippen LogP contribution in [0.1, 0.15) is 17.2 Å². The van der Waals surface area contributed by atoms with E-state index < -0.39 is 28.0 Å². The number of hydrogen-bond acceptors (Lipinski definition) is 4. The Labute approximate surface area is 139 Å². The number of imide groups is 1. The van der Waals surface area contributed by atoms with E-state index in [9.17, 15) is 18.0 Å². The molecule has 1 fully saturated rings. The summed E-state index contributed by atoms with van der Waals surface area (Å²) >= 11 is 0. The van der Waals surface area contributed by atoms with Gasteiger partial charge in [0.15, 0.2) is 0 Å². The number of sulfonamides is 1. The number of urea groups is 1. The fourth-order valence-electron chi connectivity index (χ4n) is 2.36. The van der Waals surface area contributed by atoms with Crippen LogP contribution in [0.3, 0.4) is 0 Å². The monoisotopic (exact) mass is 345 g/mol. The minimum absolute atomic E-state index is 0.144. The molecule has 8 heteroatoms. The molecule has 1 aliphatic rings. The lowest BCUT2D eigenvalue weighted by molar-refractivity contribution is -0.120. The van der Waals surface area contributed by atoms with Crippen molar-refractivity contribution in [1.82, 2.24) is 10.6 Å². The minimum atomic E-state index is -3.73. The Morgan fingerprint density at radius 3 is 2.38 bits per heavy atom. The molecule has 0 aromatic heterocycles. The molecule has 3 amide bonds. The quantitative estimate of drug-likeness (QED) is 0.733. The van der Waals surface area contributed by atoms with Gasteiger partial charge in [-0.15, -0.1) is 0 Å². The molecule has 0 bridgehead atoms. The number of nitrogens with one attached hydrogen (secondary N) is 3. The number of rotatable bonds is 4. The maximum absolute atomic E-state index is 12.4. The van der Waals surface area contributed by atoms with Gasteiger partial charge in [0, 0.05) is 5.69 Å². The third-order valence-electron chi connectivity index (χ3n) is 3.58. The van der Waals surface area contributed by atoms with Crippen LogP contribution in [0.25, 0.3) is 0 Å². The van der Waals surface area contributed by atoms with Gasteiger partial charge in [0.1, 0.15) is 6.04 Å². The Morgan fingerprint density at radius 2 is 1.75 bits per heavy atom. The zero-order valence-electron chi connectivity index (χ0n) is 12.7. The van der Waals surface area contributed by atoms with E-state index in [-0.39, 0.29) is 4.90 Å². The fourth-order valence-corrected chi connectivity index (χ4v) is 3.41. The predicted molar refractivity (Wildman–Crippen MR) is 87.8 cm³/mol. The first-order chi connectivity index (χ1) is 11.3. The van der Waals surface area contributed by atoms with E-state index in [4.69, 9.17) is 0 Å². The molecule has 124 valence electrons. The molecule has 0 saturated carbocycles. The van der Waals surface area contributed by atoms with Crippen LogP contribution in [-0.2, 0) is 14.8 Å². The second-order valence-electron chi connectivity index (χ2n) is 5.44. The van der Waals surface area contributed by atoms with Crippen molar-refractivity contribution < 1.29 is 18.0 Å². The van der Waals surface area contributed by atoms with Crippen molar-refractivity contribution in [3.8, 4) is 0 Å². The van der Waals surface area contributed by atoms with Crippen LogP contribution < -0.4 is 15.4 Å². The zero-order valence-corrected chi connectivity index (χ0v) is 13.6. The number of anilines is 1. The highest BCUT2D eigenvalue weighted by Crippen LogP contribution is 2.22. The summed E-state index contributed by atoms with van der Waals surface area (Å²) in [4.78, 5) is 23.1. The first-order valence-corrected chi connectivity index (χ1v) is 8.64. The van der Waals surface area contributed by atoms with E-state index in [2.05, 4.69) is 15.4 Å². The number of aryl methyl sites for hydroxylation is 1. The Morgan fingerprint density at radius 1 is 1.04 bits per heavy atom. The molecule has 7 nitrogen and oxygen atoms in total. The van der Waals surface area contributed by atoms with Crippen LogP contribution in [0, 0.1) is 6.92 Å². The number of carbonyl (C=O) groups excluding carboxylic acids is 2. The second kappa shape index (κ2) is 5.97. The maximum Gasteiger partial charge on any atom is 0.322 e. The Hall–Kier alpha value is -2.87. The summed E-state index contributed by atoms with van der Waals surface area (Å²) < 4.78 is 27.3. The topological polar surface area (TPSA) is 104 Å². The van der Waals surface area contributed by atoms with Gasteiger partial charge in [-0.2, -0.15) is 0 Å². The highest BCUT2D eigenvalue weighted by molar-refractivity contribution is 7.92. The van der Waals surface area contributed by atoms with Crippen LogP contribution in [0.15, 0.2) is 53.4 Å². The molecule has 2 aromatic rings. The number of hydrogen-bond donors (Lipinski definition) is 3. The van der Waals surface area contributed by atoms with Crippen LogP contribution in [0.4, 0.5) is 10.5 Å². The molecule has 1 unspecified atom stereocenters. The molecule has 24 heavy (non-hydrogen) atoms. The highest BCUT2D eigenvalue weighted by Gasteiger charge is 2.31. The van der Waals surface area contributed by atoms with Gasteiger partial charge >= 0.3 is 6.03 Å². The normalized spacial score (nSPS) is 17.3. The highest BCUT2D eigenvalue weighted by atomic mass is 32.2. The van der Waals surface area contributed by atoms with E-state index in [0.717, 1.165) is 5.56 Å². The van der Waals surface area contributed by atoms with E-state index in [1.165, 1.54) is 18.2 Å². The third-order valence-corrected chi connectivity index (χ3v) is 4.98. The van der Waals surface area contributed by atoms with Gasteiger partial charge in [-0.1, -0.05) is 29.8 Å². The van der Waals surface area contributed by atoms with Crippen molar-refractivity contribution in [2.24, 2.45) is 0 Å². The van der Waals surface area contributed by atoms with Crippen molar-refractivity contribution in [3.63, 3.8) is 0 Å². The fraction of sp³-hybridized carbons (Fsp3) is 0.125. The minimum Gasteiger partial charge on any atom is -0.322 e. The molecule has 1 saturated heterocycles. The standard InChI is InChI=1S/C16H15N3O4S/c1-10-5-7-13(8-6-10)24(22,23)19-12-4-2-3-11(9-12)14-15(20)18-16(21)17-14/h2-9,14,19H,1H3,(H2,17,18,20,21). The molecule has 2 aromatic carbocycles. The zero-order chi connectivity index (χ0) is 17.3. The van der Waals surface area contributed by atoms with Gasteiger partial charge < -0.3 is 5.32 Å². The maximum atomic E-state index is 12.4. The SMILES string of the molecule is Cc1ccc(S(=O)(=O)Nc2cccc(C3NC(=O)NC3=O)c2)cc1. The summed E-state index contributed by atoms with van der Waals surface area (Å²) in [5.74, 6) is -0.474. The number of benzene rings is 2. The predicted octanol–water partition coefficient (Wildman–Crippen LogP) is 1.68. The van der Waals surface area contributed by atoms with Gasteiger partial charge in [0.05, 0.1) is 4.90 Å². The summed E-state index contributed by atoms with van der Waals surface area (Å²) in [6.45, 7) is 1.87.